The minimum Gasteiger partial charge on any atom is -0.279 e. The van der Waals surface area contributed by atoms with Crippen molar-refractivity contribution in [2.24, 2.45) is 0 Å². The van der Waals surface area contributed by atoms with Gasteiger partial charge >= 0.3 is 0 Å². The van der Waals surface area contributed by atoms with Crippen molar-refractivity contribution in [3.63, 3.8) is 0 Å². The minimum absolute atomic E-state index is 0.0241. The number of sulfonamides is 1. The van der Waals surface area contributed by atoms with Crippen molar-refractivity contribution in [3.8, 4) is 0 Å². The van der Waals surface area contributed by atoms with Crippen molar-refractivity contribution in [1.82, 2.24) is 14.1 Å². The van der Waals surface area contributed by atoms with E-state index < -0.39 is 10.0 Å². The first kappa shape index (κ1) is 13.7. The number of hydrogen-bond donors (Lipinski definition) is 1. The summed E-state index contributed by atoms with van der Waals surface area (Å²) in [7, 11) is -3.63. The number of nitrogens with one attached hydrogen (secondary N) is 1. The molecule has 1 N–H and O–H groups in total. The fourth-order valence-electron chi connectivity index (χ4n) is 2.09. The molecule has 0 radical (unpaired) electrons. The van der Waals surface area contributed by atoms with E-state index in [0.29, 0.717) is 4.96 Å². The number of fused-ring (bicyclic) bond motifs is 1. The molecule has 2 aromatic rings. The number of thioether (sulfide) groups is 1. The molecular weight excluding hydrogens is 326 g/mol. The lowest BCUT2D eigenvalue weighted by molar-refractivity contribution is 0.539. The van der Waals surface area contributed by atoms with Gasteiger partial charge in [-0.25, -0.2) is 18.1 Å². The minimum atomic E-state index is -3.63. The summed E-state index contributed by atoms with van der Waals surface area (Å²) in [6.07, 6.45) is 3.57. The molecule has 3 rings (SSSR count). The molecule has 0 amide bonds. The molecule has 5 nitrogen and oxygen atoms in total. The van der Waals surface area contributed by atoms with Crippen molar-refractivity contribution in [1.29, 1.82) is 0 Å². The molecule has 1 aliphatic rings. The van der Waals surface area contributed by atoms with Gasteiger partial charge in [-0.15, -0.1) is 11.3 Å². The van der Waals surface area contributed by atoms with Gasteiger partial charge in [0, 0.05) is 23.4 Å². The summed E-state index contributed by atoms with van der Waals surface area (Å²) < 4.78 is 29.1. The van der Waals surface area contributed by atoms with E-state index in [1.54, 1.807) is 23.3 Å². The Labute approximate surface area is 124 Å². The first-order chi connectivity index (χ1) is 9.08. The zero-order chi connectivity index (χ0) is 13.5. The molecule has 0 spiro atoms. The lowest BCUT2D eigenvalue weighted by Gasteiger charge is -2.22. The summed E-state index contributed by atoms with van der Waals surface area (Å²) in [6.45, 7) is 0. The summed E-state index contributed by atoms with van der Waals surface area (Å²) in [6, 6.07) is -0.0241. The van der Waals surface area contributed by atoms with Crippen LogP contribution in [0.15, 0.2) is 16.6 Å². The fourth-order valence-corrected chi connectivity index (χ4v) is 5.99. The van der Waals surface area contributed by atoms with E-state index >= 15 is 0 Å². The normalized spacial score (nSPS) is 21.0. The van der Waals surface area contributed by atoms with Crippen molar-refractivity contribution >= 4 is 49.7 Å². The van der Waals surface area contributed by atoms with E-state index in [2.05, 4.69) is 9.71 Å². The SMILES string of the molecule is O=S(=O)(NC1CCCSC1)c1c(Cl)nc2sccn12. The van der Waals surface area contributed by atoms with Crippen molar-refractivity contribution in [3.05, 3.63) is 16.7 Å². The molecule has 1 aliphatic heterocycles. The number of imidazole rings is 1. The van der Waals surface area contributed by atoms with E-state index in [1.165, 1.54) is 15.7 Å². The predicted molar refractivity (Wildman–Crippen MR) is 78.7 cm³/mol. The van der Waals surface area contributed by atoms with E-state index in [1.807, 2.05) is 0 Å². The highest BCUT2D eigenvalue weighted by Gasteiger charge is 2.28. The Bertz CT molecular complexity index is 688. The third-order valence-electron chi connectivity index (χ3n) is 2.92. The Morgan fingerprint density at radius 1 is 1.53 bits per heavy atom. The van der Waals surface area contributed by atoms with Gasteiger partial charge in [0.1, 0.15) is 0 Å². The summed E-state index contributed by atoms with van der Waals surface area (Å²) >= 11 is 9.09. The molecule has 9 heteroatoms. The molecule has 1 atom stereocenters. The standard InChI is InChI=1S/C10H12ClN3O2S3/c11-8-9(14-3-5-18-10(14)12-8)19(15,16)13-7-2-1-4-17-6-7/h3,5,7,13H,1-2,4,6H2. The summed E-state index contributed by atoms with van der Waals surface area (Å²) in [5.41, 5.74) is 0. The maximum atomic E-state index is 12.4. The number of hydrogen-bond acceptors (Lipinski definition) is 5. The Hall–Kier alpha value is -0.280. The van der Waals surface area contributed by atoms with Crippen molar-refractivity contribution in [2.45, 2.75) is 23.9 Å². The van der Waals surface area contributed by atoms with Gasteiger partial charge in [-0.2, -0.15) is 11.8 Å². The van der Waals surface area contributed by atoms with Crippen LogP contribution < -0.4 is 4.72 Å². The van der Waals surface area contributed by atoms with Gasteiger partial charge in [-0.1, -0.05) is 11.6 Å². The maximum absolute atomic E-state index is 12.4. The van der Waals surface area contributed by atoms with Crippen LogP contribution in [-0.2, 0) is 10.0 Å². The van der Waals surface area contributed by atoms with Gasteiger partial charge in [-0.3, -0.25) is 4.40 Å². The Kier molecular flexibility index (Phi) is 3.78. The highest BCUT2D eigenvalue weighted by atomic mass is 35.5. The van der Waals surface area contributed by atoms with Crippen LogP contribution in [0.4, 0.5) is 0 Å². The lowest BCUT2D eigenvalue weighted by Crippen LogP contribution is -2.38. The average Bonchev–Trinajstić information content (AvgIpc) is 2.88. The molecule has 1 unspecified atom stereocenters. The molecule has 19 heavy (non-hydrogen) atoms. The van der Waals surface area contributed by atoms with E-state index in [4.69, 9.17) is 11.6 Å². The highest BCUT2D eigenvalue weighted by molar-refractivity contribution is 7.99. The molecular formula is C10H12ClN3O2S3. The predicted octanol–water partition coefficient (Wildman–Crippen LogP) is 2.22. The van der Waals surface area contributed by atoms with Gasteiger partial charge < -0.3 is 0 Å². The molecule has 1 saturated heterocycles. The largest absolute Gasteiger partial charge is 0.279 e. The zero-order valence-corrected chi connectivity index (χ0v) is 13.1. The molecule has 104 valence electrons. The van der Waals surface area contributed by atoms with E-state index in [0.717, 1.165) is 24.3 Å². The Morgan fingerprint density at radius 2 is 2.37 bits per heavy atom. The van der Waals surface area contributed by atoms with Crippen molar-refractivity contribution in [2.75, 3.05) is 11.5 Å². The monoisotopic (exact) mass is 337 g/mol. The second-order valence-corrected chi connectivity index (χ2v) is 8.31. The van der Waals surface area contributed by atoms with Gasteiger partial charge in [0.05, 0.1) is 0 Å². The zero-order valence-electron chi connectivity index (χ0n) is 9.87. The quantitative estimate of drug-likeness (QED) is 0.932. The highest BCUT2D eigenvalue weighted by Crippen LogP contribution is 2.26. The molecule has 0 bridgehead atoms. The van der Waals surface area contributed by atoms with Crippen LogP contribution in [0.25, 0.3) is 4.96 Å². The van der Waals surface area contributed by atoms with Crippen LogP contribution in [0.1, 0.15) is 12.8 Å². The topological polar surface area (TPSA) is 63.5 Å². The number of halogens is 1. The van der Waals surface area contributed by atoms with Crippen molar-refractivity contribution < 1.29 is 8.42 Å². The molecule has 2 aromatic heterocycles. The molecule has 3 heterocycles. The molecule has 1 fully saturated rings. The first-order valence-electron chi connectivity index (χ1n) is 5.79. The number of aromatic nitrogens is 2. The second kappa shape index (κ2) is 5.25. The number of thiazole rings is 1. The van der Waals surface area contributed by atoms with E-state index in [-0.39, 0.29) is 16.2 Å². The van der Waals surface area contributed by atoms with Crippen LogP contribution in [0.2, 0.25) is 5.15 Å². The third kappa shape index (κ3) is 2.64. The first-order valence-corrected chi connectivity index (χ1v) is 9.68. The summed E-state index contributed by atoms with van der Waals surface area (Å²) in [5.74, 6) is 1.91. The Balaban J connectivity index is 1.94. The Morgan fingerprint density at radius 3 is 3.11 bits per heavy atom. The fraction of sp³-hybridized carbons (Fsp3) is 0.500. The van der Waals surface area contributed by atoms with Gasteiger partial charge in [0.25, 0.3) is 10.0 Å². The number of rotatable bonds is 3. The average molecular weight is 338 g/mol. The lowest BCUT2D eigenvalue weighted by atomic mass is 10.2. The van der Waals surface area contributed by atoms with Crippen LogP contribution in [0.3, 0.4) is 0 Å². The van der Waals surface area contributed by atoms with Crippen LogP contribution in [0.5, 0.6) is 0 Å². The second-order valence-electron chi connectivity index (χ2n) is 4.30. The van der Waals surface area contributed by atoms with Crippen LogP contribution in [0, 0.1) is 0 Å². The summed E-state index contributed by atoms with van der Waals surface area (Å²) in [5, 5.41) is 1.86. The van der Waals surface area contributed by atoms with Gasteiger partial charge in [0.2, 0.25) is 0 Å². The summed E-state index contributed by atoms with van der Waals surface area (Å²) in [4.78, 5) is 4.64. The van der Waals surface area contributed by atoms with Gasteiger partial charge in [0.15, 0.2) is 15.1 Å². The third-order valence-corrected chi connectivity index (χ3v) is 6.81. The molecule has 0 aliphatic carbocycles. The van der Waals surface area contributed by atoms with Crippen LogP contribution in [-0.4, -0.2) is 35.4 Å². The maximum Gasteiger partial charge on any atom is 0.260 e. The molecule has 0 aromatic carbocycles. The van der Waals surface area contributed by atoms with Crippen LogP contribution >= 0.6 is 34.7 Å². The number of nitrogens with zero attached hydrogens (tertiary/aromatic N) is 2. The molecule has 0 saturated carbocycles. The van der Waals surface area contributed by atoms with Gasteiger partial charge in [-0.05, 0) is 18.6 Å². The van der Waals surface area contributed by atoms with E-state index in [9.17, 15) is 8.42 Å². The smallest absolute Gasteiger partial charge is 0.260 e.